The number of hydrogen-bond donors (Lipinski definition) is 1. The summed E-state index contributed by atoms with van der Waals surface area (Å²) >= 11 is 3.09. The average molecular weight is 317 g/mol. The van der Waals surface area contributed by atoms with Gasteiger partial charge in [-0.2, -0.15) is 0 Å². The van der Waals surface area contributed by atoms with Crippen molar-refractivity contribution < 1.29 is 4.79 Å². The molecule has 1 aromatic carbocycles. The van der Waals surface area contributed by atoms with Crippen LogP contribution in [0.15, 0.2) is 40.7 Å². The van der Waals surface area contributed by atoms with Crippen LogP contribution in [0.5, 0.6) is 0 Å². The van der Waals surface area contributed by atoms with Crippen LogP contribution in [0.1, 0.15) is 11.4 Å². The Balaban J connectivity index is 1.63. The molecule has 1 N–H and O–H groups in total. The Hall–Kier alpha value is -1.79. The standard InChI is InChI=1S/C15H15N3OS2/c1-10-7-8-11(2)18(10)17-14(19)9-20-15-16-12-5-3-4-6-13(12)21-15/h3-8H,9H2,1-2H3,(H,17,19). The maximum absolute atomic E-state index is 12.0. The van der Waals surface area contributed by atoms with E-state index < -0.39 is 0 Å². The summed E-state index contributed by atoms with van der Waals surface area (Å²) in [5.41, 5.74) is 5.92. The Morgan fingerprint density at radius 3 is 2.67 bits per heavy atom. The van der Waals surface area contributed by atoms with Crippen molar-refractivity contribution in [2.45, 2.75) is 18.2 Å². The van der Waals surface area contributed by atoms with Crippen LogP contribution in [0.3, 0.4) is 0 Å². The first-order chi connectivity index (χ1) is 10.1. The van der Waals surface area contributed by atoms with Gasteiger partial charge in [0.2, 0.25) is 5.91 Å². The van der Waals surface area contributed by atoms with Gasteiger partial charge in [0.1, 0.15) is 0 Å². The largest absolute Gasteiger partial charge is 0.272 e. The van der Waals surface area contributed by atoms with Gasteiger partial charge < -0.3 is 0 Å². The monoisotopic (exact) mass is 317 g/mol. The minimum Gasteiger partial charge on any atom is -0.272 e. The number of aromatic nitrogens is 2. The molecule has 3 rings (SSSR count). The number of para-hydroxylation sites is 1. The molecule has 4 nitrogen and oxygen atoms in total. The molecule has 0 saturated heterocycles. The van der Waals surface area contributed by atoms with Crippen molar-refractivity contribution in [2.75, 3.05) is 11.2 Å². The van der Waals surface area contributed by atoms with E-state index in [4.69, 9.17) is 0 Å². The predicted molar refractivity (Wildman–Crippen MR) is 88.6 cm³/mol. The average Bonchev–Trinajstić information content (AvgIpc) is 3.03. The van der Waals surface area contributed by atoms with Crippen LogP contribution >= 0.6 is 23.1 Å². The number of carbonyl (C=O) groups is 1. The zero-order valence-corrected chi connectivity index (χ0v) is 13.4. The molecule has 0 aliphatic carbocycles. The molecule has 0 aliphatic rings. The first-order valence-corrected chi connectivity index (χ1v) is 8.37. The normalized spacial score (nSPS) is 11.0. The van der Waals surface area contributed by atoms with E-state index in [1.807, 2.05) is 50.2 Å². The van der Waals surface area contributed by atoms with Gasteiger partial charge in [0.05, 0.1) is 16.0 Å². The fourth-order valence-electron chi connectivity index (χ4n) is 2.04. The Morgan fingerprint density at radius 1 is 1.24 bits per heavy atom. The summed E-state index contributed by atoms with van der Waals surface area (Å²) in [6.07, 6.45) is 0. The lowest BCUT2D eigenvalue weighted by atomic mass is 10.3. The fraction of sp³-hybridized carbons (Fsp3) is 0.200. The van der Waals surface area contributed by atoms with Crippen molar-refractivity contribution >= 4 is 39.2 Å². The van der Waals surface area contributed by atoms with Gasteiger partial charge in [0.25, 0.3) is 0 Å². The first-order valence-electron chi connectivity index (χ1n) is 6.56. The number of nitrogens with zero attached hydrogens (tertiary/aromatic N) is 2. The molecule has 0 aliphatic heterocycles. The molecule has 21 heavy (non-hydrogen) atoms. The van der Waals surface area contributed by atoms with Crippen molar-refractivity contribution in [2.24, 2.45) is 0 Å². The highest BCUT2D eigenvalue weighted by molar-refractivity contribution is 8.01. The number of carbonyl (C=O) groups excluding carboxylic acids is 1. The number of fused-ring (bicyclic) bond motifs is 1. The second-order valence-corrected chi connectivity index (χ2v) is 6.98. The molecule has 3 aromatic rings. The van der Waals surface area contributed by atoms with Crippen LogP contribution in [-0.2, 0) is 4.79 Å². The molecule has 0 unspecified atom stereocenters. The molecule has 2 aromatic heterocycles. The number of thioether (sulfide) groups is 1. The molecule has 108 valence electrons. The van der Waals surface area contributed by atoms with E-state index in [1.165, 1.54) is 11.8 Å². The van der Waals surface area contributed by atoms with Crippen molar-refractivity contribution in [3.63, 3.8) is 0 Å². The zero-order chi connectivity index (χ0) is 14.8. The highest BCUT2D eigenvalue weighted by Crippen LogP contribution is 2.29. The number of benzene rings is 1. The second kappa shape index (κ2) is 5.91. The molecule has 6 heteroatoms. The number of nitrogens with one attached hydrogen (secondary N) is 1. The summed E-state index contributed by atoms with van der Waals surface area (Å²) in [5, 5.41) is 0. The molecule has 0 fully saturated rings. The van der Waals surface area contributed by atoms with Gasteiger partial charge in [0.15, 0.2) is 4.34 Å². The van der Waals surface area contributed by atoms with Crippen molar-refractivity contribution in [1.82, 2.24) is 9.66 Å². The molecule has 0 bridgehead atoms. The molecule has 0 saturated carbocycles. The molecular weight excluding hydrogens is 302 g/mol. The van der Waals surface area contributed by atoms with Crippen LogP contribution in [-0.4, -0.2) is 21.3 Å². The van der Waals surface area contributed by atoms with Crippen molar-refractivity contribution in [1.29, 1.82) is 0 Å². The lowest BCUT2D eigenvalue weighted by Gasteiger charge is -2.10. The molecule has 0 atom stereocenters. The van der Waals surface area contributed by atoms with Gasteiger partial charge >= 0.3 is 0 Å². The number of aryl methyl sites for hydroxylation is 2. The summed E-state index contributed by atoms with van der Waals surface area (Å²) in [5.74, 6) is 0.332. The van der Waals surface area contributed by atoms with Crippen LogP contribution in [0.2, 0.25) is 0 Å². The van der Waals surface area contributed by atoms with E-state index in [0.717, 1.165) is 25.9 Å². The Labute approximate surface area is 131 Å². The molecular formula is C15H15N3OS2. The summed E-state index contributed by atoms with van der Waals surface area (Å²) in [7, 11) is 0. The third-order valence-electron chi connectivity index (χ3n) is 3.11. The Kier molecular flexibility index (Phi) is 3.98. The van der Waals surface area contributed by atoms with Gasteiger partial charge in [0, 0.05) is 11.4 Å². The number of hydrogen-bond acceptors (Lipinski definition) is 4. The molecule has 2 heterocycles. The minimum atomic E-state index is -0.0262. The summed E-state index contributed by atoms with van der Waals surface area (Å²) in [6.45, 7) is 3.93. The third kappa shape index (κ3) is 3.11. The van der Waals surface area contributed by atoms with E-state index >= 15 is 0 Å². The minimum absolute atomic E-state index is 0.0262. The quantitative estimate of drug-likeness (QED) is 0.748. The smallest absolute Gasteiger partial charge is 0.249 e. The SMILES string of the molecule is Cc1ccc(C)n1NC(=O)CSc1nc2ccccc2s1. The molecule has 1 amide bonds. The Bertz CT molecular complexity index is 739. The van der Waals surface area contributed by atoms with Gasteiger partial charge in [-0.3, -0.25) is 14.9 Å². The summed E-state index contributed by atoms with van der Waals surface area (Å²) in [4.78, 5) is 16.5. The highest BCUT2D eigenvalue weighted by Gasteiger charge is 2.09. The van der Waals surface area contributed by atoms with E-state index in [-0.39, 0.29) is 5.91 Å². The van der Waals surface area contributed by atoms with Crippen molar-refractivity contribution in [3.8, 4) is 0 Å². The van der Waals surface area contributed by atoms with Crippen LogP contribution in [0.25, 0.3) is 10.2 Å². The van der Waals surface area contributed by atoms with Crippen LogP contribution < -0.4 is 5.43 Å². The lowest BCUT2D eigenvalue weighted by Crippen LogP contribution is -2.26. The molecule has 0 radical (unpaired) electrons. The summed E-state index contributed by atoms with van der Waals surface area (Å²) in [6, 6.07) is 12.0. The van der Waals surface area contributed by atoms with E-state index in [1.54, 1.807) is 16.0 Å². The van der Waals surface area contributed by atoms with Crippen molar-refractivity contribution in [3.05, 3.63) is 47.8 Å². The third-order valence-corrected chi connectivity index (χ3v) is 5.29. The number of rotatable bonds is 4. The van der Waals surface area contributed by atoms with Gasteiger partial charge in [-0.1, -0.05) is 23.9 Å². The topological polar surface area (TPSA) is 46.9 Å². The first kappa shape index (κ1) is 14.2. The van der Waals surface area contributed by atoms with Gasteiger partial charge in [-0.25, -0.2) is 4.98 Å². The van der Waals surface area contributed by atoms with Gasteiger partial charge in [-0.15, -0.1) is 11.3 Å². The second-order valence-electron chi connectivity index (χ2n) is 4.72. The molecule has 0 spiro atoms. The Morgan fingerprint density at radius 2 is 1.95 bits per heavy atom. The van der Waals surface area contributed by atoms with Crippen LogP contribution in [0.4, 0.5) is 0 Å². The number of thiazole rings is 1. The maximum atomic E-state index is 12.0. The van der Waals surface area contributed by atoms with Gasteiger partial charge in [-0.05, 0) is 38.1 Å². The van der Waals surface area contributed by atoms with E-state index in [9.17, 15) is 4.79 Å². The van der Waals surface area contributed by atoms with E-state index in [2.05, 4.69) is 10.4 Å². The summed E-state index contributed by atoms with van der Waals surface area (Å²) < 4.78 is 3.88. The van der Waals surface area contributed by atoms with Crippen LogP contribution in [0, 0.1) is 13.8 Å². The number of amides is 1. The fourth-order valence-corrected chi connectivity index (χ4v) is 3.90. The lowest BCUT2D eigenvalue weighted by molar-refractivity contribution is -0.114. The highest BCUT2D eigenvalue weighted by atomic mass is 32.2. The van der Waals surface area contributed by atoms with E-state index in [0.29, 0.717) is 5.75 Å². The predicted octanol–water partition coefficient (Wildman–Crippen LogP) is 3.58. The zero-order valence-electron chi connectivity index (χ0n) is 11.8. The maximum Gasteiger partial charge on any atom is 0.249 e.